The molecular weight excluding hydrogens is 426 g/mol. The number of carbonyl (C=O) groups is 2. The number of piperazine rings is 1. The number of ether oxygens (including phenoxy) is 1. The van der Waals surface area contributed by atoms with Crippen molar-refractivity contribution in [1.82, 2.24) is 9.80 Å². The van der Waals surface area contributed by atoms with Crippen molar-refractivity contribution in [2.24, 2.45) is 0 Å². The van der Waals surface area contributed by atoms with E-state index in [1.54, 1.807) is 12.1 Å². The number of rotatable bonds is 6. The van der Waals surface area contributed by atoms with E-state index in [1.807, 2.05) is 42.2 Å². The molecule has 0 radical (unpaired) electrons. The summed E-state index contributed by atoms with van der Waals surface area (Å²) in [6.07, 6.45) is 0.918. The molecule has 2 amide bonds. The Balaban J connectivity index is 1.75. The molecule has 1 fully saturated rings. The largest absolute Gasteiger partial charge is 0.494 e. The number of amides is 2. The van der Waals surface area contributed by atoms with Crippen molar-refractivity contribution < 1.29 is 14.3 Å². The molecule has 0 spiro atoms. The number of imide groups is 1. The number of hydrogen-bond donors (Lipinski definition) is 0. The van der Waals surface area contributed by atoms with E-state index >= 15 is 0 Å². The molecule has 0 aromatic heterocycles. The summed E-state index contributed by atoms with van der Waals surface area (Å²) in [5, 5.41) is 0.523. The first-order chi connectivity index (χ1) is 15.4. The second-order valence-electron chi connectivity index (χ2n) is 8.27. The molecule has 0 unspecified atom stereocenters. The molecule has 0 aliphatic carbocycles. The van der Waals surface area contributed by atoms with Gasteiger partial charge in [-0.2, -0.15) is 0 Å². The lowest BCUT2D eigenvalue weighted by Crippen LogP contribution is -2.46. The average molecular weight is 454 g/mol. The molecule has 2 aliphatic rings. The Labute approximate surface area is 194 Å². The lowest BCUT2D eigenvalue weighted by Gasteiger charge is -2.34. The summed E-state index contributed by atoms with van der Waals surface area (Å²) in [5.41, 5.74) is 2.98. The van der Waals surface area contributed by atoms with Crippen LogP contribution in [0.5, 0.6) is 5.75 Å². The van der Waals surface area contributed by atoms with E-state index in [9.17, 15) is 9.59 Å². The molecule has 7 heteroatoms. The van der Waals surface area contributed by atoms with Gasteiger partial charge in [-0.05, 0) is 55.8 Å². The third-order valence-corrected chi connectivity index (χ3v) is 6.32. The van der Waals surface area contributed by atoms with Crippen molar-refractivity contribution in [2.75, 3.05) is 44.7 Å². The van der Waals surface area contributed by atoms with Gasteiger partial charge in [0.15, 0.2) is 0 Å². The van der Waals surface area contributed by atoms with Crippen molar-refractivity contribution in [3.05, 3.63) is 64.3 Å². The van der Waals surface area contributed by atoms with Crippen LogP contribution in [0.25, 0.3) is 5.57 Å². The molecule has 4 rings (SSSR count). The van der Waals surface area contributed by atoms with Crippen LogP contribution in [-0.2, 0) is 9.59 Å². The molecule has 2 aromatic carbocycles. The number of hydrogen-bond acceptors (Lipinski definition) is 5. The molecule has 0 atom stereocenters. The van der Waals surface area contributed by atoms with Crippen molar-refractivity contribution in [2.45, 2.75) is 20.3 Å². The smallest absolute Gasteiger partial charge is 0.282 e. The van der Waals surface area contributed by atoms with Gasteiger partial charge in [-0.25, -0.2) is 4.90 Å². The molecule has 168 valence electrons. The number of anilines is 1. The first-order valence-corrected chi connectivity index (χ1v) is 11.3. The van der Waals surface area contributed by atoms with E-state index in [0.717, 1.165) is 30.8 Å². The fourth-order valence-corrected chi connectivity index (χ4v) is 4.17. The third kappa shape index (κ3) is 4.25. The van der Waals surface area contributed by atoms with Gasteiger partial charge in [-0.3, -0.25) is 9.59 Å². The van der Waals surface area contributed by atoms with E-state index < -0.39 is 0 Å². The van der Waals surface area contributed by atoms with Crippen LogP contribution in [0.2, 0.25) is 5.02 Å². The molecule has 2 heterocycles. The number of likely N-dealkylation sites (N-methyl/N-ethyl adjacent to an activating group) is 1. The van der Waals surface area contributed by atoms with Crippen molar-refractivity contribution in [3.8, 4) is 5.75 Å². The van der Waals surface area contributed by atoms with Crippen LogP contribution < -0.4 is 9.64 Å². The van der Waals surface area contributed by atoms with Crippen LogP contribution in [0.15, 0.2) is 48.2 Å². The Morgan fingerprint density at radius 2 is 1.66 bits per heavy atom. The first-order valence-electron chi connectivity index (χ1n) is 11.0. The number of halogens is 1. The van der Waals surface area contributed by atoms with Gasteiger partial charge in [0.25, 0.3) is 11.8 Å². The molecule has 0 N–H and O–H groups in total. The predicted molar refractivity (Wildman–Crippen MR) is 127 cm³/mol. The Morgan fingerprint density at radius 1 is 0.969 bits per heavy atom. The summed E-state index contributed by atoms with van der Waals surface area (Å²) in [5.74, 6) is 0.114. The Hall–Kier alpha value is -2.83. The summed E-state index contributed by atoms with van der Waals surface area (Å²) in [4.78, 5) is 32.7. The highest BCUT2D eigenvalue weighted by atomic mass is 35.5. The van der Waals surface area contributed by atoms with Crippen molar-refractivity contribution >= 4 is 34.7 Å². The maximum Gasteiger partial charge on any atom is 0.282 e. The lowest BCUT2D eigenvalue weighted by molar-refractivity contribution is -0.120. The van der Waals surface area contributed by atoms with E-state index in [2.05, 4.69) is 18.9 Å². The molecule has 6 nitrogen and oxygen atoms in total. The zero-order valence-electron chi connectivity index (χ0n) is 18.7. The fourth-order valence-electron chi connectivity index (χ4n) is 3.99. The van der Waals surface area contributed by atoms with Gasteiger partial charge in [0.05, 0.1) is 17.9 Å². The minimum absolute atomic E-state index is 0.305. The van der Waals surface area contributed by atoms with Crippen LogP contribution in [0.3, 0.4) is 0 Å². The van der Waals surface area contributed by atoms with E-state index in [1.165, 1.54) is 4.90 Å². The molecule has 2 aromatic rings. The van der Waals surface area contributed by atoms with Crippen LogP contribution in [-0.4, -0.2) is 61.4 Å². The second kappa shape index (κ2) is 9.35. The SMILES string of the molecule is CCCOc1ccc(C2=C(N3CCN(C)CC3)C(=O)N(c3ccc(C)c(Cl)c3)C2=O)cc1. The molecular formula is C25H28ClN3O3. The van der Waals surface area contributed by atoms with Crippen molar-refractivity contribution in [3.63, 3.8) is 0 Å². The van der Waals surface area contributed by atoms with E-state index in [4.69, 9.17) is 16.3 Å². The Kier molecular flexibility index (Phi) is 6.53. The average Bonchev–Trinajstić information content (AvgIpc) is 3.05. The monoisotopic (exact) mass is 453 g/mol. The van der Waals surface area contributed by atoms with Crippen LogP contribution in [0.4, 0.5) is 5.69 Å². The molecule has 32 heavy (non-hydrogen) atoms. The fraction of sp³-hybridized carbons (Fsp3) is 0.360. The standard InChI is InChI=1S/C25H28ClN3O3/c1-4-15-32-20-9-6-18(7-10-20)22-23(28-13-11-27(3)12-14-28)25(31)29(24(22)30)19-8-5-17(2)21(26)16-19/h5-10,16H,4,11-15H2,1-3H3. The van der Waals surface area contributed by atoms with E-state index in [-0.39, 0.29) is 11.8 Å². The third-order valence-electron chi connectivity index (χ3n) is 5.91. The number of nitrogens with zero attached hydrogens (tertiary/aromatic N) is 3. The van der Waals surface area contributed by atoms with Crippen molar-refractivity contribution in [1.29, 1.82) is 0 Å². The first kappa shape index (κ1) is 22.4. The topological polar surface area (TPSA) is 53.1 Å². The summed E-state index contributed by atoms with van der Waals surface area (Å²) >= 11 is 6.31. The summed E-state index contributed by atoms with van der Waals surface area (Å²) in [6.45, 7) is 7.62. The molecule has 1 saturated heterocycles. The maximum atomic E-state index is 13.6. The highest BCUT2D eigenvalue weighted by Gasteiger charge is 2.43. The second-order valence-corrected chi connectivity index (χ2v) is 8.67. The molecule has 2 aliphatic heterocycles. The van der Waals surface area contributed by atoms with Gasteiger partial charge in [0.2, 0.25) is 0 Å². The molecule has 0 bridgehead atoms. The van der Waals surface area contributed by atoms with Crippen LogP contribution in [0, 0.1) is 6.92 Å². The summed E-state index contributed by atoms with van der Waals surface area (Å²) < 4.78 is 5.68. The number of benzene rings is 2. The molecule has 0 saturated carbocycles. The number of aryl methyl sites for hydroxylation is 1. The highest BCUT2D eigenvalue weighted by molar-refractivity contribution is 6.45. The van der Waals surface area contributed by atoms with Crippen LogP contribution >= 0.6 is 11.6 Å². The van der Waals surface area contributed by atoms with E-state index in [0.29, 0.717) is 47.2 Å². The van der Waals surface area contributed by atoms with Gasteiger partial charge < -0.3 is 14.5 Å². The van der Waals surface area contributed by atoms with Gasteiger partial charge >= 0.3 is 0 Å². The minimum Gasteiger partial charge on any atom is -0.494 e. The normalized spacial score (nSPS) is 17.5. The summed E-state index contributed by atoms with van der Waals surface area (Å²) in [6, 6.07) is 12.7. The van der Waals surface area contributed by atoms with Crippen LogP contribution in [0.1, 0.15) is 24.5 Å². The Bertz CT molecular complexity index is 1060. The summed E-state index contributed by atoms with van der Waals surface area (Å²) in [7, 11) is 2.06. The zero-order valence-corrected chi connectivity index (χ0v) is 19.5. The predicted octanol–water partition coefficient (Wildman–Crippen LogP) is 3.97. The van der Waals surface area contributed by atoms with Gasteiger partial charge in [0.1, 0.15) is 11.4 Å². The van der Waals surface area contributed by atoms with Gasteiger partial charge in [0, 0.05) is 31.2 Å². The quantitative estimate of drug-likeness (QED) is 0.619. The maximum absolute atomic E-state index is 13.6. The van der Waals surface area contributed by atoms with Gasteiger partial charge in [-0.1, -0.05) is 36.7 Å². The Morgan fingerprint density at radius 3 is 2.28 bits per heavy atom. The lowest BCUT2D eigenvalue weighted by atomic mass is 10.0. The minimum atomic E-state index is -0.328. The zero-order chi connectivity index (χ0) is 22.8. The highest BCUT2D eigenvalue weighted by Crippen LogP contribution is 2.36. The van der Waals surface area contributed by atoms with Gasteiger partial charge in [-0.15, -0.1) is 0 Å². The number of carbonyl (C=O) groups excluding carboxylic acids is 2.